The van der Waals surface area contributed by atoms with Gasteiger partial charge in [-0.15, -0.1) is 28.6 Å². The monoisotopic (exact) mass is 755 g/mol. The molecule has 0 radical (unpaired) electrons. The van der Waals surface area contributed by atoms with Gasteiger partial charge in [-0.3, -0.25) is 19.6 Å². The largest absolute Gasteiger partial charge is 0.464 e. The van der Waals surface area contributed by atoms with Gasteiger partial charge in [0.1, 0.15) is 52.8 Å². The second-order valence-electron chi connectivity index (χ2n) is 16.0. The number of aromatic nitrogens is 3. The third kappa shape index (κ3) is 8.42. The van der Waals surface area contributed by atoms with Crippen LogP contribution >= 0.6 is 23.5 Å². The standard InChI is InChI=1S/C32H49N7O10S2/c1-29(2,3)48-27(44)33-17-21(40)38-19(31(7,8)50-23(17)38)25(42)46-13-11-12-37-14-16(35-36-37)15-47-26(43)20-32(9,10)51-24-18(22(41)39(20)24)34-28(45)49-30(4,5)6/h14,17-20,23-24,27,33,44H,11-13,15H2,1-10H3,(H,34,45)/t17-,18-,19+,20+,23-,24-,27?/m1/s1. The zero-order valence-corrected chi connectivity index (χ0v) is 32.3. The first-order chi connectivity index (χ1) is 23.5. The Balaban J connectivity index is 1.05. The number of nitrogens with one attached hydrogen (secondary N) is 2. The molecular formula is C32H49N7O10S2. The van der Waals surface area contributed by atoms with Crippen LogP contribution < -0.4 is 10.6 Å². The summed E-state index contributed by atoms with van der Waals surface area (Å²) >= 11 is 2.87. The van der Waals surface area contributed by atoms with Crippen molar-refractivity contribution in [3.63, 3.8) is 0 Å². The lowest BCUT2D eigenvalue weighted by Crippen LogP contribution is -2.71. The molecule has 4 fully saturated rings. The molecule has 4 aliphatic heterocycles. The van der Waals surface area contributed by atoms with E-state index in [4.69, 9.17) is 18.9 Å². The van der Waals surface area contributed by atoms with E-state index >= 15 is 0 Å². The van der Waals surface area contributed by atoms with Crippen LogP contribution in [0.2, 0.25) is 0 Å². The van der Waals surface area contributed by atoms with Crippen molar-refractivity contribution in [3.05, 3.63) is 11.9 Å². The maximum absolute atomic E-state index is 13.2. The maximum atomic E-state index is 13.2. The number of esters is 2. The lowest BCUT2D eigenvalue weighted by Gasteiger charge is -2.45. The topological polar surface area (TPSA) is 204 Å². The van der Waals surface area contributed by atoms with E-state index in [1.54, 1.807) is 52.4 Å². The minimum absolute atomic E-state index is 0.0794. The van der Waals surface area contributed by atoms with Crippen LogP contribution in [0.3, 0.4) is 0 Å². The SMILES string of the molecule is CC(C)(C)OC(=O)N[C@@H]1C(=O)N2[C@@H]1SC(C)(C)[C@@H]2C(=O)OCc1cn(CCCOC(=O)[C@@H]2N3C(=O)[C@@H](NC(O)OC(C)(C)C)[C@H]3SC2(C)C)nn1. The second-order valence-corrected chi connectivity index (χ2v) is 19.5. The van der Waals surface area contributed by atoms with Gasteiger partial charge in [0.25, 0.3) is 0 Å². The number of β-lactam (4-membered cyclic amide) rings is 2. The predicted molar refractivity (Wildman–Crippen MR) is 185 cm³/mol. The number of hydrogen-bond acceptors (Lipinski definition) is 15. The summed E-state index contributed by atoms with van der Waals surface area (Å²) in [7, 11) is 0. The molecule has 51 heavy (non-hydrogen) atoms. The molecule has 4 saturated heterocycles. The Morgan fingerprint density at radius 3 is 2.02 bits per heavy atom. The van der Waals surface area contributed by atoms with Gasteiger partial charge < -0.3 is 39.2 Å². The van der Waals surface area contributed by atoms with Crippen LogP contribution in [-0.4, -0.2) is 128 Å². The number of aliphatic hydroxyl groups is 1. The number of rotatable bonds is 12. The Hall–Kier alpha value is -3.13. The lowest BCUT2D eigenvalue weighted by molar-refractivity contribution is -0.196. The Bertz CT molecular complexity index is 1540. The molecule has 0 spiro atoms. The zero-order chi connectivity index (χ0) is 37.8. The van der Waals surface area contributed by atoms with Crippen molar-refractivity contribution in [2.75, 3.05) is 6.61 Å². The maximum Gasteiger partial charge on any atom is 0.408 e. The van der Waals surface area contributed by atoms with E-state index in [0.29, 0.717) is 18.7 Å². The fourth-order valence-electron chi connectivity index (χ4n) is 6.45. The van der Waals surface area contributed by atoms with E-state index < -0.39 is 74.7 Å². The lowest BCUT2D eigenvalue weighted by atomic mass is 9.96. The van der Waals surface area contributed by atoms with Crippen LogP contribution in [0.15, 0.2) is 6.20 Å². The highest BCUT2D eigenvalue weighted by molar-refractivity contribution is 8.02. The number of carbonyl (C=O) groups excluding carboxylic acids is 5. The predicted octanol–water partition coefficient (Wildman–Crippen LogP) is 1.32. The number of carbonyl (C=O) groups is 5. The van der Waals surface area contributed by atoms with Crippen LogP contribution in [-0.2, 0) is 51.3 Å². The minimum Gasteiger partial charge on any atom is -0.464 e. The number of ether oxygens (including phenoxy) is 4. The molecule has 17 nitrogen and oxygen atoms in total. The molecular weight excluding hydrogens is 707 g/mol. The second kappa shape index (κ2) is 14.0. The molecule has 0 aliphatic carbocycles. The molecule has 1 aromatic heterocycles. The van der Waals surface area contributed by atoms with Crippen molar-refractivity contribution in [2.24, 2.45) is 0 Å². The van der Waals surface area contributed by atoms with Gasteiger partial charge in [-0.25, -0.2) is 14.4 Å². The van der Waals surface area contributed by atoms with Gasteiger partial charge >= 0.3 is 18.0 Å². The Morgan fingerprint density at radius 2 is 1.45 bits per heavy atom. The fraction of sp³-hybridized carbons (Fsp3) is 0.781. The summed E-state index contributed by atoms with van der Waals surface area (Å²) in [6, 6.07) is -3.14. The van der Waals surface area contributed by atoms with E-state index in [1.807, 2.05) is 27.7 Å². The summed E-state index contributed by atoms with van der Waals surface area (Å²) in [6.45, 7) is 18.3. The minimum atomic E-state index is -1.33. The van der Waals surface area contributed by atoms with Crippen molar-refractivity contribution in [1.29, 1.82) is 0 Å². The summed E-state index contributed by atoms with van der Waals surface area (Å²) in [5.41, 5.74) is -0.935. The van der Waals surface area contributed by atoms with Crippen LogP contribution in [0.5, 0.6) is 0 Å². The molecule has 19 heteroatoms. The molecule has 0 saturated carbocycles. The number of fused-ring (bicyclic) bond motifs is 2. The van der Waals surface area contributed by atoms with Crippen LogP contribution in [0.1, 0.15) is 81.4 Å². The highest BCUT2D eigenvalue weighted by Crippen LogP contribution is 2.52. The van der Waals surface area contributed by atoms with Crippen molar-refractivity contribution in [1.82, 2.24) is 35.4 Å². The molecule has 0 bridgehead atoms. The Kier molecular flexibility index (Phi) is 10.7. The van der Waals surface area contributed by atoms with Crippen LogP contribution in [0.4, 0.5) is 4.79 Å². The van der Waals surface area contributed by atoms with Gasteiger partial charge in [-0.2, -0.15) is 0 Å². The average molecular weight is 756 g/mol. The van der Waals surface area contributed by atoms with Gasteiger partial charge in [0.2, 0.25) is 18.2 Å². The quantitative estimate of drug-likeness (QED) is 0.0906. The number of nitrogens with zero attached hydrogens (tertiary/aromatic N) is 5. The van der Waals surface area contributed by atoms with Crippen molar-refractivity contribution >= 4 is 53.4 Å². The highest BCUT2D eigenvalue weighted by Gasteiger charge is 2.65. The van der Waals surface area contributed by atoms with Crippen LogP contribution in [0.25, 0.3) is 0 Å². The molecule has 7 atom stereocenters. The molecule has 1 unspecified atom stereocenters. The highest BCUT2D eigenvalue weighted by atomic mass is 32.2. The normalized spacial score (nSPS) is 28.3. The average Bonchev–Trinajstić information content (AvgIpc) is 3.62. The van der Waals surface area contributed by atoms with Crippen molar-refractivity contribution in [2.45, 2.75) is 151 Å². The number of alkyl carbamates (subject to hydrolysis) is 1. The van der Waals surface area contributed by atoms with Gasteiger partial charge in [0.05, 0.1) is 18.4 Å². The zero-order valence-electron chi connectivity index (χ0n) is 30.6. The third-order valence-electron chi connectivity index (χ3n) is 8.51. The van der Waals surface area contributed by atoms with E-state index in [1.165, 1.54) is 33.3 Å². The first-order valence-corrected chi connectivity index (χ1v) is 18.6. The molecule has 1 aromatic rings. The molecule has 0 aromatic carbocycles. The molecule has 3 N–H and O–H groups in total. The van der Waals surface area contributed by atoms with Crippen LogP contribution in [0, 0.1) is 0 Å². The number of amides is 3. The van der Waals surface area contributed by atoms with E-state index in [2.05, 4.69) is 20.9 Å². The molecule has 284 valence electrons. The van der Waals surface area contributed by atoms with E-state index in [9.17, 15) is 29.1 Å². The summed E-state index contributed by atoms with van der Waals surface area (Å²) in [4.78, 5) is 67.5. The summed E-state index contributed by atoms with van der Waals surface area (Å²) < 4.78 is 22.1. The van der Waals surface area contributed by atoms with E-state index in [0.717, 1.165) is 0 Å². The number of aliphatic hydroxyl groups excluding tert-OH is 1. The summed E-state index contributed by atoms with van der Waals surface area (Å²) in [5.74, 6) is -1.79. The fourth-order valence-corrected chi connectivity index (χ4v) is 9.70. The Labute approximate surface area is 305 Å². The smallest absolute Gasteiger partial charge is 0.408 e. The number of aryl methyl sites for hydroxylation is 1. The molecule has 4 aliphatic rings. The first-order valence-electron chi connectivity index (χ1n) is 16.8. The van der Waals surface area contributed by atoms with Crippen molar-refractivity contribution < 1.29 is 48.0 Å². The van der Waals surface area contributed by atoms with Gasteiger partial charge in [-0.1, -0.05) is 5.21 Å². The van der Waals surface area contributed by atoms with Gasteiger partial charge in [-0.05, 0) is 69.2 Å². The third-order valence-corrected chi connectivity index (χ3v) is 11.7. The number of hydrogen-bond donors (Lipinski definition) is 3. The molecule has 5 heterocycles. The summed E-state index contributed by atoms with van der Waals surface area (Å²) in [5, 5.41) is 23.0. The molecule has 3 amide bonds. The molecule has 5 rings (SSSR count). The van der Waals surface area contributed by atoms with Gasteiger partial charge in [0, 0.05) is 22.5 Å². The first kappa shape index (κ1) is 39.1. The Morgan fingerprint density at radius 1 is 0.902 bits per heavy atom. The van der Waals surface area contributed by atoms with Gasteiger partial charge in [0.15, 0.2) is 0 Å². The van der Waals surface area contributed by atoms with E-state index in [-0.39, 0.29) is 30.4 Å². The number of thioether (sulfide) groups is 2. The van der Waals surface area contributed by atoms with Crippen molar-refractivity contribution in [3.8, 4) is 0 Å². The summed E-state index contributed by atoms with van der Waals surface area (Å²) in [6.07, 6.45) is 0.00208.